The second-order valence-electron chi connectivity index (χ2n) is 7.49. The van der Waals surface area contributed by atoms with Crippen LogP contribution in [0.3, 0.4) is 0 Å². The third kappa shape index (κ3) is 3.71. The van der Waals surface area contributed by atoms with Gasteiger partial charge in [-0.05, 0) is 43.7 Å². The van der Waals surface area contributed by atoms with Gasteiger partial charge >= 0.3 is 0 Å². The number of alkyl halides is 2. The zero-order valence-electron chi connectivity index (χ0n) is 14.8. The quantitative estimate of drug-likeness (QED) is 0.757. The van der Waals surface area contributed by atoms with Crippen molar-refractivity contribution < 1.29 is 4.79 Å². The summed E-state index contributed by atoms with van der Waals surface area (Å²) in [5, 5.41) is 12.5. The fourth-order valence-electron chi connectivity index (χ4n) is 3.47. The highest BCUT2D eigenvalue weighted by Crippen LogP contribution is 2.63. The van der Waals surface area contributed by atoms with Crippen LogP contribution in [0.15, 0.2) is 18.2 Å². The van der Waals surface area contributed by atoms with E-state index < -0.39 is 15.7 Å². The van der Waals surface area contributed by atoms with Crippen LogP contribution in [0.1, 0.15) is 49.9 Å². The number of hydrogen-bond acceptors (Lipinski definition) is 2. The SMILES string of the molecule is Cc1ccc(C(C)NC(=O)C(C#N)C(C)(C)C2CC2(Cl)Cl)c(C)c1. The summed E-state index contributed by atoms with van der Waals surface area (Å²) in [6, 6.07) is 8.12. The van der Waals surface area contributed by atoms with Gasteiger partial charge in [0.15, 0.2) is 0 Å². The van der Waals surface area contributed by atoms with E-state index in [0.717, 1.165) is 11.1 Å². The molecule has 130 valence electrons. The van der Waals surface area contributed by atoms with E-state index >= 15 is 0 Å². The molecule has 3 nitrogen and oxygen atoms in total. The van der Waals surface area contributed by atoms with Gasteiger partial charge in [0, 0.05) is 5.92 Å². The lowest BCUT2D eigenvalue weighted by molar-refractivity contribution is -0.127. The van der Waals surface area contributed by atoms with E-state index in [2.05, 4.69) is 17.5 Å². The molecule has 1 N–H and O–H groups in total. The van der Waals surface area contributed by atoms with Gasteiger partial charge < -0.3 is 5.32 Å². The molecular weight excluding hydrogens is 343 g/mol. The average molecular weight is 367 g/mol. The molecule has 1 saturated carbocycles. The molecule has 1 aromatic rings. The fraction of sp³-hybridized carbons (Fsp3) is 0.579. The molecule has 0 bridgehead atoms. The Balaban J connectivity index is 2.14. The molecule has 1 amide bonds. The number of halogens is 2. The smallest absolute Gasteiger partial charge is 0.238 e. The van der Waals surface area contributed by atoms with Crippen LogP contribution in [0.5, 0.6) is 0 Å². The van der Waals surface area contributed by atoms with E-state index in [9.17, 15) is 10.1 Å². The Morgan fingerprint density at radius 1 is 1.42 bits per heavy atom. The molecule has 5 heteroatoms. The van der Waals surface area contributed by atoms with Crippen LogP contribution in [0.2, 0.25) is 0 Å². The van der Waals surface area contributed by atoms with Gasteiger partial charge in [-0.2, -0.15) is 5.26 Å². The summed E-state index contributed by atoms with van der Waals surface area (Å²) in [5.74, 6) is -1.12. The molecule has 0 aromatic heterocycles. The first-order valence-corrected chi connectivity index (χ1v) is 8.91. The minimum Gasteiger partial charge on any atom is -0.348 e. The number of amides is 1. The molecule has 3 unspecified atom stereocenters. The number of hydrogen-bond donors (Lipinski definition) is 1. The van der Waals surface area contributed by atoms with E-state index in [0.29, 0.717) is 6.42 Å². The van der Waals surface area contributed by atoms with Crippen molar-refractivity contribution in [3.63, 3.8) is 0 Å². The predicted octanol–water partition coefficient (Wildman–Crippen LogP) is 4.84. The second-order valence-corrected chi connectivity index (χ2v) is 9.03. The lowest BCUT2D eigenvalue weighted by Gasteiger charge is -2.31. The topological polar surface area (TPSA) is 52.9 Å². The zero-order valence-corrected chi connectivity index (χ0v) is 16.3. The molecule has 0 aliphatic heterocycles. The summed E-state index contributed by atoms with van der Waals surface area (Å²) >= 11 is 12.3. The highest BCUT2D eigenvalue weighted by atomic mass is 35.5. The first-order valence-electron chi connectivity index (χ1n) is 8.15. The maximum Gasteiger partial charge on any atom is 0.238 e. The zero-order chi connectivity index (χ0) is 18.3. The van der Waals surface area contributed by atoms with Crippen LogP contribution in [0, 0.1) is 42.4 Å². The second kappa shape index (κ2) is 6.58. The van der Waals surface area contributed by atoms with Gasteiger partial charge in [0.2, 0.25) is 5.91 Å². The Hall–Kier alpha value is -1.24. The number of carbonyl (C=O) groups is 1. The molecule has 1 fully saturated rings. The molecule has 24 heavy (non-hydrogen) atoms. The van der Waals surface area contributed by atoms with Crippen molar-refractivity contribution >= 4 is 29.1 Å². The predicted molar refractivity (Wildman–Crippen MR) is 97.9 cm³/mol. The summed E-state index contributed by atoms with van der Waals surface area (Å²) in [6.45, 7) is 9.77. The average Bonchev–Trinajstić information content (AvgIpc) is 3.09. The molecule has 0 radical (unpaired) electrons. The summed E-state index contributed by atoms with van der Waals surface area (Å²) < 4.78 is -0.821. The van der Waals surface area contributed by atoms with E-state index in [1.807, 2.05) is 46.8 Å². The number of nitriles is 1. The minimum absolute atomic E-state index is 0.0554. The van der Waals surface area contributed by atoms with Crippen molar-refractivity contribution in [2.45, 2.75) is 51.4 Å². The van der Waals surface area contributed by atoms with Crippen molar-refractivity contribution in [1.29, 1.82) is 5.26 Å². The van der Waals surface area contributed by atoms with Gasteiger partial charge in [-0.15, -0.1) is 23.2 Å². The van der Waals surface area contributed by atoms with Crippen LogP contribution in [0.25, 0.3) is 0 Å². The Bertz CT molecular complexity index is 691. The Morgan fingerprint density at radius 2 is 2.00 bits per heavy atom. The van der Waals surface area contributed by atoms with E-state index in [-0.39, 0.29) is 17.9 Å². The van der Waals surface area contributed by atoms with E-state index in [1.54, 1.807) is 0 Å². The number of nitrogens with zero attached hydrogens (tertiary/aromatic N) is 1. The number of rotatable bonds is 5. The van der Waals surface area contributed by atoms with Crippen molar-refractivity contribution in [3.05, 3.63) is 34.9 Å². The third-order valence-corrected chi connectivity index (χ3v) is 5.95. The Kier molecular flexibility index (Phi) is 5.23. The van der Waals surface area contributed by atoms with E-state index in [4.69, 9.17) is 23.2 Å². The maximum atomic E-state index is 12.7. The number of benzene rings is 1. The first-order chi connectivity index (χ1) is 11.0. The molecular formula is C19H24Cl2N2O. The van der Waals surface area contributed by atoms with Gasteiger partial charge in [0.05, 0.1) is 12.1 Å². The summed E-state index contributed by atoms with van der Waals surface area (Å²) in [4.78, 5) is 12.7. The lowest BCUT2D eigenvalue weighted by Crippen LogP contribution is -2.41. The third-order valence-electron chi connectivity index (χ3n) is 5.11. The molecule has 0 saturated heterocycles. The number of nitrogens with one attached hydrogen (secondary N) is 1. The summed E-state index contributed by atoms with van der Waals surface area (Å²) in [6.07, 6.45) is 0.612. The van der Waals surface area contributed by atoms with Crippen molar-refractivity contribution in [2.24, 2.45) is 17.3 Å². The first kappa shape index (κ1) is 19.1. The molecule has 2 rings (SSSR count). The van der Waals surface area contributed by atoms with Crippen LogP contribution < -0.4 is 5.32 Å². The standard InChI is InChI=1S/C19H24Cl2N2O/c1-11-6-7-14(12(2)8-11)13(3)23-17(24)15(10-22)18(4,5)16-9-19(16,20)21/h6-8,13,15-16H,9H2,1-5H3,(H,23,24). The van der Waals surface area contributed by atoms with Crippen molar-refractivity contribution in [1.82, 2.24) is 5.32 Å². The Morgan fingerprint density at radius 3 is 2.46 bits per heavy atom. The van der Waals surface area contributed by atoms with Gasteiger partial charge in [-0.1, -0.05) is 37.6 Å². The van der Waals surface area contributed by atoms with Crippen molar-refractivity contribution in [3.8, 4) is 6.07 Å². The van der Waals surface area contributed by atoms with Crippen LogP contribution in [-0.2, 0) is 4.79 Å². The monoisotopic (exact) mass is 366 g/mol. The molecule has 1 aromatic carbocycles. The fourth-order valence-corrected chi connectivity index (χ4v) is 4.34. The lowest BCUT2D eigenvalue weighted by atomic mass is 9.74. The molecule has 1 aliphatic carbocycles. The maximum absolute atomic E-state index is 12.7. The van der Waals surface area contributed by atoms with Gasteiger partial charge in [-0.3, -0.25) is 4.79 Å². The highest BCUT2D eigenvalue weighted by Gasteiger charge is 2.62. The molecule has 3 atom stereocenters. The summed E-state index contributed by atoms with van der Waals surface area (Å²) in [5.41, 5.74) is 2.78. The Labute approximate surface area is 154 Å². The minimum atomic E-state index is -0.821. The van der Waals surface area contributed by atoms with Crippen LogP contribution in [0.4, 0.5) is 0 Å². The number of aryl methyl sites for hydroxylation is 2. The largest absolute Gasteiger partial charge is 0.348 e. The van der Waals surface area contributed by atoms with Crippen LogP contribution in [-0.4, -0.2) is 10.2 Å². The van der Waals surface area contributed by atoms with Crippen LogP contribution >= 0.6 is 23.2 Å². The molecule has 0 heterocycles. The highest BCUT2D eigenvalue weighted by molar-refractivity contribution is 6.51. The van der Waals surface area contributed by atoms with Gasteiger partial charge in [-0.25, -0.2) is 0 Å². The van der Waals surface area contributed by atoms with Crippen molar-refractivity contribution in [2.75, 3.05) is 0 Å². The molecule has 0 spiro atoms. The van der Waals surface area contributed by atoms with Gasteiger partial charge in [0.25, 0.3) is 0 Å². The normalized spacial score (nSPS) is 21.5. The van der Waals surface area contributed by atoms with E-state index in [1.165, 1.54) is 5.56 Å². The van der Waals surface area contributed by atoms with Gasteiger partial charge in [0.1, 0.15) is 10.3 Å². The molecule has 1 aliphatic rings. The number of carbonyl (C=O) groups excluding carboxylic acids is 1. The summed E-state index contributed by atoms with van der Waals surface area (Å²) in [7, 11) is 0.